The van der Waals surface area contributed by atoms with E-state index < -0.39 is 0 Å². The molecule has 0 unspecified atom stereocenters. The van der Waals surface area contributed by atoms with E-state index in [1.807, 2.05) is 24.3 Å². The van der Waals surface area contributed by atoms with Crippen LogP contribution in [0.3, 0.4) is 0 Å². The number of carbonyl (C=O) groups excluding carboxylic acids is 1. The van der Waals surface area contributed by atoms with Gasteiger partial charge in [0.05, 0.1) is 0 Å². The highest BCUT2D eigenvalue weighted by Crippen LogP contribution is 2.21. The van der Waals surface area contributed by atoms with Crippen LogP contribution in [0.1, 0.15) is 31.7 Å². The minimum Gasteiger partial charge on any atom is -0.490 e. The summed E-state index contributed by atoms with van der Waals surface area (Å²) in [6.07, 6.45) is 2.78. The van der Waals surface area contributed by atoms with Crippen LogP contribution in [0.5, 0.6) is 11.5 Å². The number of hydrogen-bond donors (Lipinski definition) is 1. The zero-order valence-electron chi connectivity index (χ0n) is 14.8. The summed E-state index contributed by atoms with van der Waals surface area (Å²) >= 11 is 0. The average molecular weight is 339 g/mol. The van der Waals surface area contributed by atoms with Gasteiger partial charge in [0, 0.05) is 5.69 Å². The highest BCUT2D eigenvalue weighted by Gasteiger charge is 2.06. The fourth-order valence-electron chi connectivity index (χ4n) is 2.26. The lowest BCUT2D eigenvalue weighted by Gasteiger charge is -2.11. The lowest BCUT2D eigenvalue weighted by Crippen LogP contribution is -2.20. The summed E-state index contributed by atoms with van der Waals surface area (Å²) in [5, 5.41) is 2.79. The number of amides is 1. The van der Waals surface area contributed by atoms with Crippen molar-refractivity contribution in [3.63, 3.8) is 0 Å². The molecule has 0 saturated heterocycles. The third kappa shape index (κ3) is 5.99. The monoisotopic (exact) mass is 339 g/mol. The van der Waals surface area contributed by atoms with Crippen LogP contribution in [0.15, 0.2) is 61.2 Å². The van der Waals surface area contributed by atoms with Crippen molar-refractivity contribution in [2.75, 3.05) is 18.5 Å². The Balaban J connectivity index is 1.81. The maximum atomic E-state index is 12.0. The second-order valence-electron chi connectivity index (χ2n) is 5.84. The Morgan fingerprint density at radius 3 is 2.28 bits per heavy atom. The number of ether oxygens (including phenoxy) is 2. The molecule has 0 aliphatic carbocycles. The van der Waals surface area contributed by atoms with Crippen molar-refractivity contribution >= 4 is 11.6 Å². The third-order valence-corrected chi connectivity index (χ3v) is 3.94. The van der Waals surface area contributed by atoms with Crippen LogP contribution >= 0.6 is 0 Å². The molecule has 0 aromatic heterocycles. The van der Waals surface area contributed by atoms with Gasteiger partial charge in [-0.1, -0.05) is 38.6 Å². The Bertz CT molecular complexity index is 677. The van der Waals surface area contributed by atoms with Crippen LogP contribution in [0.4, 0.5) is 5.69 Å². The van der Waals surface area contributed by atoms with Crippen molar-refractivity contribution in [3.05, 3.63) is 66.7 Å². The van der Waals surface area contributed by atoms with Crippen molar-refractivity contribution in [1.82, 2.24) is 0 Å². The van der Waals surface area contributed by atoms with Crippen molar-refractivity contribution in [2.45, 2.75) is 26.2 Å². The van der Waals surface area contributed by atoms with Crippen LogP contribution in [-0.4, -0.2) is 19.1 Å². The molecule has 25 heavy (non-hydrogen) atoms. The van der Waals surface area contributed by atoms with Crippen molar-refractivity contribution in [2.24, 2.45) is 0 Å². The number of carbonyl (C=O) groups is 1. The van der Waals surface area contributed by atoms with E-state index in [1.54, 1.807) is 30.3 Å². The molecule has 0 radical (unpaired) electrons. The van der Waals surface area contributed by atoms with E-state index in [2.05, 4.69) is 25.7 Å². The second kappa shape index (κ2) is 9.52. The van der Waals surface area contributed by atoms with Crippen LogP contribution in [0.2, 0.25) is 0 Å². The first kappa shape index (κ1) is 18.6. The quantitative estimate of drug-likeness (QED) is 0.669. The standard InChI is InChI=1S/C21H25NO3/c1-4-14-24-19-12-8-18(9-13-19)22-21(23)15-25-20-10-6-17(7-11-20)16(3)5-2/h4,6-13,16H,1,5,14-15H2,2-3H3,(H,22,23)/t16-/m1/s1. The Morgan fingerprint density at radius 1 is 1.08 bits per heavy atom. The minimum absolute atomic E-state index is 0.0304. The molecule has 0 spiro atoms. The first-order chi connectivity index (χ1) is 12.1. The number of anilines is 1. The molecule has 0 aliphatic rings. The fourth-order valence-corrected chi connectivity index (χ4v) is 2.26. The van der Waals surface area contributed by atoms with Gasteiger partial charge in [-0.25, -0.2) is 0 Å². The predicted octanol–water partition coefficient (Wildman–Crippen LogP) is 4.78. The van der Waals surface area contributed by atoms with Gasteiger partial charge in [-0.15, -0.1) is 0 Å². The van der Waals surface area contributed by atoms with E-state index in [9.17, 15) is 4.79 Å². The predicted molar refractivity (Wildman–Crippen MR) is 101 cm³/mol. The Labute approximate surface area is 149 Å². The Morgan fingerprint density at radius 2 is 1.68 bits per heavy atom. The van der Waals surface area contributed by atoms with Crippen LogP contribution in [0, 0.1) is 0 Å². The molecular weight excluding hydrogens is 314 g/mol. The van der Waals surface area contributed by atoms with Crippen molar-refractivity contribution < 1.29 is 14.3 Å². The highest BCUT2D eigenvalue weighted by atomic mass is 16.5. The summed E-state index contributed by atoms with van der Waals surface area (Å²) in [6, 6.07) is 15.1. The maximum Gasteiger partial charge on any atom is 0.262 e. The molecule has 0 saturated carbocycles. The van der Waals surface area contributed by atoms with Gasteiger partial charge in [-0.05, 0) is 54.3 Å². The molecule has 1 atom stereocenters. The van der Waals surface area contributed by atoms with Crippen molar-refractivity contribution in [1.29, 1.82) is 0 Å². The molecule has 1 N–H and O–H groups in total. The zero-order chi connectivity index (χ0) is 18.1. The second-order valence-corrected chi connectivity index (χ2v) is 5.84. The molecule has 0 bridgehead atoms. The molecule has 4 heteroatoms. The first-order valence-corrected chi connectivity index (χ1v) is 8.48. The summed E-state index contributed by atoms with van der Waals surface area (Å²) in [4.78, 5) is 12.0. The first-order valence-electron chi connectivity index (χ1n) is 8.48. The molecule has 0 fully saturated rings. The molecular formula is C21H25NO3. The van der Waals surface area contributed by atoms with Crippen LogP contribution in [0.25, 0.3) is 0 Å². The molecule has 132 valence electrons. The lowest BCUT2D eigenvalue weighted by atomic mass is 9.99. The van der Waals surface area contributed by atoms with E-state index in [0.29, 0.717) is 24.0 Å². The normalized spacial score (nSPS) is 11.4. The largest absolute Gasteiger partial charge is 0.490 e. The zero-order valence-corrected chi connectivity index (χ0v) is 14.8. The number of nitrogens with one attached hydrogen (secondary N) is 1. The molecule has 2 aromatic carbocycles. The number of hydrogen-bond acceptors (Lipinski definition) is 3. The smallest absolute Gasteiger partial charge is 0.262 e. The number of rotatable bonds is 9. The van der Waals surface area contributed by atoms with E-state index in [0.717, 1.165) is 12.2 Å². The number of benzene rings is 2. The minimum atomic E-state index is -0.203. The molecule has 4 nitrogen and oxygen atoms in total. The van der Waals surface area contributed by atoms with Gasteiger partial charge in [0.1, 0.15) is 18.1 Å². The summed E-state index contributed by atoms with van der Waals surface area (Å²) in [5.41, 5.74) is 1.98. The van der Waals surface area contributed by atoms with Crippen molar-refractivity contribution in [3.8, 4) is 11.5 Å². The van der Waals surface area contributed by atoms with E-state index in [-0.39, 0.29) is 12.5 Å². The molecule has 2 aromatic rings. The van der Waals surface area contributed by atoms with E-state index in [1.165, 1.54) is 5.56 Å². The summed E-state index contributed by atoms with van der Waals surface area (Å²) in [5.74, 6) is 1.74. The molecule has 0 aliphatic heterocycles. The SMILES string of the molecule is C=CCOc1ccc(NC(=O)COc2ccc([C@H](C)CC)cc2)cc1. The van der Waals surface area contributed by atoms with Gasteiger partial charge in [-0.3, -0.25) is 4.79 Å². The molecule has 2 rings (SSSR count). The maximum absolute atomic E-state index is 12.0. The summed E-state index contributed by atoms with van der Waals surface area (Å²) in [7, 11) is 0. The lowest BCUT2D eigenvalue weighted by molar-refractivity contribution is -0.118. The fraction of sp³-hybridized carbons (Fsp3) is 0.286. The van der Waals surface area contributed by atoms with Crippen LogP contribution in [-0.2, 0) is 4.79 Å². The Kier molecular flexibility index (Phi) is 7.08. The van der Waals surface area contributed by atoms with Gasteiger partial charge < -0.3 is 14.8 Å². The van der Waals surface area contributed by atoms with E-state index >= 15 is 0 Å². The van der Waals surface area contributed by atoms with Gasteiger partial charge in [0.15, 0.2) is 6.61 Å². The Hall–Kier alpha value is -2.75. The van der Waals surface area contributed by atoms with Gasteiger partial charge in [0.2, 0.25) is 0 Å². The molecule has 0 heterocycles. The van der Waals surface area contributed by atoms with Gasteiger partial charge in [0.25, 0.3) is 5.91 Å². The highest BCUT2D eigenvalue weighted by molar-refractivity contribution is 5.91. The van der Waals surface area contributed by atoms with E-state index in [4.69, 9.17) is 9.47 Å². The molecule has 1 amide bonds. The topological polar surface area (TPSA) is 47.6 Å². The van der Waals surface area contributed by atoms with Crippen LogP contribution < -0.4 is 14.8 Å². The van der Waals surface area contributed by atoms with Gasteiger partial charge >= 0.3 is 0 Å². The summed E-state index contributed by atoms with van der Waals surface area (Å²) < 4.78 is 10.9. The van der Waals surface area contributed by atoms with Gasteiger partial charge in [-0.2, -0.15) is 0 Å². The average Bonchev–Trinajstić information content (AvgIpc) is 2.65. The summed E-state index contributed by atoms with van der Waals surface area (Å²) in [6.45, 7) is 8.38. The third-order valence-electron chi connectivity index (χ3n) is 3.94.